The van der Waals surface area contributed by atoms with Crippen molar-refractivity contribution in [2.24, 2.45) is 5.73 Å². The molecule has 10 heteroatoms. The van der Waals surface area contributed by atoms with Gasteiger partial charge in [-0.3, -0.25) is 18.6 Å². The van der Waals surface area contributed by atoms with Gasteiger partial charge in [-0.2, -0.15) is 0 Å². The van der Waals surface area contributed by atoms with Crippen LogP contribution >= 0.6 is 7.82 Å². The van der Waals surface area contributed by atoms with E-state index in [4.69, 9.17) is 24.3 Å². The maximum absolute atomic E-state index is 12.5. The van der Waals surface area contributed by atoms with Crippen LogP contribution in [-0.2, 0) is 32.7 Å². The number of nitrogens with two attached hydrogens (primary N) is 1. The van der Waals surface area contributed by atoms with Gasteiger partial charge in [-0.05, 0) is 57.8 Å². The summed E-state index contributed by atoms with van der Waals surface area (Å²) in [6.07, 6.45) is 41.5. The van der Waals surface area contributed by atoms with E-state index in [-0.39, 0.29) is 32.6 Å². The number of carbonyl (C=O) groups excluding carboxylic acids is 2. The normalized spacial score (nSPS) is 13.9. The highest BCUT2D eigenvalue weighted by Crippen LogP contribution is 2.43. The zero-order valence-electron chi connectivity index (χ0n) is 32.3. The molecule has 0 aromatic rings. The van der Waals surface area contributed by atoms with Crippen LogP contribution in [0.1, 0.15) is 168 Å². The Morgan fingerprint density at radius 1 is 0.608 bits per heavy atom. The van der Waals surface area contributed by atoms with E-state index in [0.717, 1.165) is 64.2 Å². The Balaban J connectivity index is 4.26. The monoisotopic (exact) mass is 740 g/mol. The first-order chi connectivity index (χ1) is 24.8. The molecule has 0 bridgehead atoms. The Kier molecular flexibility index (Phi) is 36.2. The number of carbonyl (C=O) groups is 2. The molecule has 0 rings (SSSR count). The first-order valence-electron chi connectivity index (χ1n) is 20.1. The van der Waals surface area contributed by atoms with Crippen LogP contribution in [0.2, 0.25) is 0 Å². The molecule has 0 saturated heterocycles. The van der Waals surface area contributed by atoms with Gasteiger partial charge in [-0.15, -0.1) is 0 Å². The quantitative estimate of drug-likeness (QED) is 0.0276. The first-order valence-corrected chi connectivity index (χ1v) is 21.6. The molecule has 0 aromatic carbocycles. The molecule has 0 spiro atoms. The van der Waals surface area contributed by atoms with E-state index in [2.05, 4.69) is 56.4 Å². The Bertz CT molecular complexity index is 981. The topological polar surface area (TPSA) is 134 Å². The van der Waals surface area contributed by atoms with E-state index in [1.165, 1.54) is 64.2 Å². The maximum atomic E-state index is 12.5. The minimum Gasteiger partial charge on any atom is -0.462 e. The number of phosphoric acid groups is 1. The van der Waals surface area contributed by atoms with Gasteiger partial charge >= 0.3 is 19.8 Å². The zero-order chi connectivity index (χ0) is 37.5. The average Bonchev–Trinajstić information content (AvgIpc) is 3.11. The molecule has 51 heavy (non-hydrogen) atoms. The molecule has 0 fully saturated rings. The van der Waals surface area contributed by atoms with Crippen LogP contribution in [0, 0.1) is 0 Å². The number of phosphoric ester groups is 1. The Morgan fingerprint density at radius 3 is 1.71 bits per heavy atom. The second kappa shape index (κ2) is 37.7. The van der Waals surface area contributed by atoms with E-state index < -0.39 is 32.5 Å². The van der Waals surface area contributed by atoms with E-state index >= 15 is 0 Å². The van der Waals surface area contributed by atoms with Crippen molar-refractivity contribution >= 4 is 19.8 Å². The van der Waals surface area contributed by atoms with Crippen molar-refractivity contribution < 1.29 is 37.6 Å². The molecular formula is C41H74NO8P. The van der Waals surface area contributed by atoms with Gasteiger partial charge in [0.1, 0.15) is 6.61 Å². The van der Waals surface area contributed by atoms with Gasteiger partial charge in [0, 0.05) is 19.4 Å². The highest BCUT2D eigenvalue weighted by atomic mass is 31.2. The molecule has 296 valence electrons. The molecule has 1 unspecified atom stereocenters. The SMILES string of the molecule is CC/C=C/C/C=C/C/C=C/CCCCCCCC(=O)OC[C@H](COP(=O)(O)OCCN)OC(=O)CC/C=C/CCCCCCCCCCCCC. The van der Waals surface area contributed by atoms with Gasteiger partial charge in [-0.1, -0.05) is 146 Å². The van der Waals surface area contributed by atoms with Crippen LogP contribution in [0.25, 0.3) is 0 Å². The summed E-state index contributed by atoms with van der Waals surface area (Å²) in [4.78, 5) is 34.7. The number of ether oxygens (including phenoxy) is 2. The summed E-state index contributed by atoms with van der Waals surface area (Å²) in [7, 11) is -4.39. The van der Waals surface area contributed by atoms with Gasteiger partial charge in [0.05, 0.1) is 13.2 Å². The summed E-state index contributed by atoms with van der Waals surface area (Å²) in [5, 5.41) is 0. The highest BCUT2D eigenvalue weighted by Gasteiger charge is 2.25. The summed E-state index contributed by atoms with van der Waals surface area (Å²) in [6, 6.07) is 0. The standard InChI is InChI=1S/C41H74NO8P/c1-3-5-7-9-11-13-15-17-19-21-23-25-27-29-31-33-40(43)47-37-39(38-49-51(45,46)48-36-35-42)50-41(44)34-32-30-28-26-24-22-20-18-16-14-12-10-8-6-4-2/h5,7,11,13,17,19,28,30,39H,3-4,6,8-10,12,14-16,18,20-27,29,31-38,42H2,1-2H3,(H,45,46)/b7-5+,13-11+,19-17+,30-28+/t39-/m1/s1. The fraction of sp³-hybridized carbons (Fsp3) is 0.756. The fourth-order valence-corrected chi connectivity index (χ4v) is 6.02. The highest BCUT2D eigenvalue weighted by molar-refractivity contribution is 7.47. The molecule has 0 aliphatic heterocycles. The van der Waals surface area contributed by atoms with Gasteiger partial charge in [0.2, 0.25) is 0 Å². The van der Waals surface area contributed by atoms with E-state index in [1.54, 1.807) is 0 Å². The maximum Gasteiger partial charge on any atom is 0.472 e. The Labute approximate surface area is 311 Å². The number of rotatable bonds is 37. The largest absolute Gasteiger partial charge is 0.472 e. The third-order valence-corrected chi connectivity index (χ3v) is 9.20. The molecule has 0 aromatic heterocycles. The number of esters is 2. The lowest BCUT2D eigenvalue weighted by Gasteiger charge is -2.19. The molecular weight excluding hydrogens is 665 g/mol. The van der Waals surface area contributed by atoms with Crippen molar-refractivity contribution in [1.82, 2.24) is 0 Å². The number of allylic oxidation sites excluding steroid dienone is 8. The van der Waals surface area contributed by atoms with Crippen LogP contribution in [-0.4, -0.2) is 49.3 Å². The molecule has 0 saturated carbocycles. The minimum atomic E-state index is -4.39. The van der Waals surface area contributed by atoms with Crippen molar-refractivity contribution in [1.29, 1.82) is 0 Å². The molecule has 3 N–H and O–H groups in total. The van der Waals surface area contributed by atoms with E-state index in [0.29, 0.717) is 12.8 Å². The van der Waals surface area contributed by atoms with Crippen molar-refractivity contribution in [3.05, 3.63) is 48.6 Å². The van der Waals surface area contributed by atoms with Gasteiger partial charge < -0.3 is 20.1 Å². The fourth-order valence-electron chi connectivity index (χ4n) is 5.25. The van der Waals surface area contributed by atoms with Crippen LogP contribution in [0.4, 0.5) is 0 Å². The predicted octanol–water partition coefficient (Wildman–Crippen LogP) is 11.2. The summed E-state index contributed by atoms with van der Waals surface area (Å²) in [5.74, 6) is -0.907. The minimum absolute atomic E-state index is 0.0448. The lowest BCUT2D eigenvalue weighted by Crippen LogP contribution is -2.29. The van der Waals surface area contributed by atoms with Gasteiger partial charge in [0.15, 0.2) is 6.10 Å². The smallest absolute Gasteiger partial charge is 0.462 e. The van der Waals surface area contributed by atoms with Crippen LogP contribution in [0.3, 0.4) is 0 Å². The number of unbranched alkanes of at least 4 members (excludes halogenated alkanes) is 16. The summed E-state index contributed by atoms with van der Waals surface area (Å²) >= 11 is 0. The lowest BCUT2D eigenvalue weighted by atomic mass is 10.1. The molecule has 0 heterocycles. The number of hydrogen-bond acceptors (Lipinski definition) is 8. The van der Waals surface area contributed by atoms with E-state index in [9.17, 15) is 19.0 Å². The zero-order valence-corrected chi connectivity index (χ0v) is 33.2. The lowest BCUT2D eigenvalue weighted by molar-refractivity contribution is -0.161. The third-order valence-electron chi connectivity index (χ3n) is 8.21. The molecule has 0 aliphatic rings. The van der Waals surface area contributed by atoms with Crippen LogP contribution in [0.15, 0.2) is 48.6 Å². The van der Waals surface area contributed by atoms with Crippen molar-refractivity contribution in [3.8, 4) is 0 Å². The summed E-state index contributed by atoms with van der Waals surface area (Å²) in [6.45, 7) is 3.55. The molecule has 0 radical (unpaired) electrons. The second-order valence-electron chi connectivity index (χ2n) is 13.1. The van der Waals surface area contributed by atoms with Crippen molar-refractivity contribution in [2.45, 2.75) is 174 Å². The summed E-state index contributed by atoms with van der Waals surface area (Å²) < 4.78 is 32.6. The van der Waals surface area contributed by atoms with Crippen LogP contribution < -0.4 is 5.73 Å². The van der Waals surface area contributed by atoms with E-state index in [1.807, 2.05) is 6.08 Å². The molecule has 9 nitrogen and oxygen atoms in total. The predicted molar refractivity (Wildman–Crippen MR) is 210 cm³/mol. The third kappa shape index (κ3) is 37.5. The Morgan fingerprint density at radius 2 is 1.12 bits per heavy atom. The molecule has 0 aliphatic carbocycles. The Hall–Kier alpha value is -2.03. The number of hydrogen-bond donors (Lipinski definition) is 2. The first kappa shape index (κ1) is 49.0. The van der Waals surface area contributed by atoms with Gasteiger partial charge in [-0.25, -0.2) is 4.57 Å². The average molecular weight is 740 g/mol. The van der Waals surface area contributed by atoms with Gasteiger partial charge in [0.25, 0.3) is 0 Å². The molecule has 2 atom stereocenters. The molecule has 0 amide bonds. The van der Waals surface area contributed by atoms with Crippen molar-refractivity contribution in [3.63, 3.8) is 0 Å². The van der Waals surface area contributed by atoms with Crippen molar-refractivity contribution in [2.75, 3.05) is 26.4 Å². The second-order valence-corrected chi connectivity index (χ2v) is 14.6. The summed E-state index contributed by atoms with van der Waals surface area (Å²) in [5.41, 5.74) is 5.33. The van der Waals surface area contributed by atoms with Crippen LogP contribution in [0.5, 0.6) is 0 Å².